The molecule has 0 aliphatic heterocycles. The molecule has 26 heavy (non-hydrogen) atoms. The van der Waals surface area contributed by atoms with Gasteiger partial charge in [-0.25, -0.2) is 4.39 Å². The molecule has 1 aromatic heterocycles. The molecule has 2 aromatic carbocycles. The number of carbonyl (C=O) groups excluding carboxylic acids is 1. The van der Waals surface area contributed by atoms with E-state index in [9.17, 15) is 14.0 Å². The molecule has 3 rings (SSSR count). The van der Waals surface area contributed by atoms with E-state index in [1.54, 1.807) is 43.3 Å². The quantitative estimate of drug-likeness (QED) is 0.752. The fourth-order valence-corrected chi connectivity index (χ4v) is 3.09. The maximum Gasteiger partial charge on any atom is 0.253 e. The summed E-state index contributed by atoms with van der Waals surface area (Å²) in [7, 11) is 0. The summed E-state index contributed by atoms with van der Waals surface area (Å²) in [5.41, 5.74) is 1.44. The summed E-state index contributed by atoms with van der Waals surface area (Å²) in [5, 5.41) is 3.34. The number of carbonyl (C=O) groups is 1. The van der Waals surface area contributed by atoms with Crippen LogP contribution in [0.1, 0.15) is 35.5 Å². The molecule has 0 aliphatic carbocycles. The molecular weight excluding hydrogens is 331 g/mol. The molecule has 134 valence electrons. The summed E-state index contributed by atoms with van der Waals surface area (Å²) >= 11 is 0. The summed E-state index contributed by atoms with van der Waals surface area (Å²) in [5.74, 6) is -0.599. The number of hydrogen-bond donors (Lipinski definition) is 2. The Bertz CT molecular complexity index is 1040. The minimum absolute atomic E-state index is 0.127. The molecule has 0 saturated heterocycles. The van der Waals surface area contributed by atoms with Crippen molar-refractivity contribution >= 4 is 16.8 Å². The Morgan fingerprint density at radius 3 is 2.62 bits per heavy atom. The van der Waals surface area contributed by atoms with Crippen LogP contribution in [0.4, 0.5) is 4.39 Å². The zero-order chi connectivity index (χ0) is 18.9. The summed E-state index contributed by atoms with van der Waals surface area (Å²) in [6, 6.07) is 13.1. The molecule has 1 amide bonds. The maximum atomic E-state index is 14.1. The Morgan fingerprint density at radius 2 is 1.88 bits per heavy atom. The van der Waals surface area contributed by atoms with Gasteiger partial charge in [0.15, 0.2) is 5.43 Å². The number of para-hydroxylation sites is 1. The summed E-state index contributed by atoms with van der Waals surface area (Å²) in [6.07, 6.45) is 0. The number of H-pyrrole nitrogens is 1. The van der Waals surface area contributed by atoms with Crippen LogP contribution in [0.15, 0.2) is 53.3 Å². The first-order valence-electron chi connectivity index (χ1n) is 8.45. The minimum Gasteiger partial charge on any atom is -0.358 e. The molecule has 5 heteroatoms. The lowest BCUT2D eigenvalue weighted by molar-refractivity contribution is 0.0947. The van der Waals surface area contributed by atoms with E-state index >= 15 is 0 Å². The molecule has 2 N–H and O–H groups in total. The van der Waals surface area contributed by atoms with Crippen LogP contribution in [-0.4, -0.2) is 17.4 Å². The molecule has 0 saturated carbocycles. The Hall–Kier alpha value is -2.95. The van der Waals surface area contributed by atoms with Gasteiger partial charge in [0, 0.05) is 29.1 Å². The third-order valence-electron chi connectivity index (χ3n) is 4.54. The Morgan fingerprint density at radius 1 is 1.15 bits per heavy atom. The normalized spacial score (nSPS) is 11.5. The summed E-state index contributed by atoms with van der Waals surface area (Å²) < 4.78 is 14.1. The van der Waals surface area contributed by atoms with Gasteiger partial charge < -0.3 is 10.3 Å². The zero-order valence-corrected chi connectivity index (χ0v) is 15.0. The van der Waals surface area contributed by atoms with Gasteiger partial charge in [0.25, 0.3) is 5.91 Å². The van der Waals surface area contributed by atoms with Crippen LogP contribution in [0.5, 0.6) is 0 Å². The average molecular weight is 352 g/mol. The van der Waals surface area contributed by atoms with E-state index in [-0.39, 0.29) is 23.7 Å². The van der Waals surface area contributed by atoms with E-state index in [0.29, 0.717) is 27.7 Å². The highest BCUT2D eigenvalue weighted by Crippen LogP contribution is 2.25. The van der Waals surface area contributed by atoms with Crippen molar-refractivity contribution in [2.75, 3.05) is 6.54 Å². The number of hydrogen-bond acceptors (Lipinski definition) is 2. The molecular formula is C21H21FN2O2. The predicted molar refractivity (Wildman–Crippen MR) is 101 cm³/mol. The Kier molecular flexibility index (Phi) is 4.64. The van der Waals surface area contributed by atoms with Gasteiger partial charge in [-0.3, -0.25) is 9.59 Å². The van der Waals surface area contributed by atoms with Crippen molar-refractivity contribution in [2.45, 2.75) is 26.2 Å². The van der Waals surface area contributed by atoms with Crippen LogP contribution in [0, 0.1) is 12.7 Å². The van der Waals surface area contributed by atoms with Gasteiger partial charge >= 0.3 is 0 Å². The summed E-state index contributed by atoms with van der Waals surface area (Å²) in [6.45, 7) is 5.79. The van der Waals surface area contributed by atoms with Gasteiger partial charge in [-0.1, -0.05) is 38.1 Å². The first-order chi connectivity index (χ1) is 12.3. The maximum absolute atomic E-state index is 14.1. The Labute approximate surface area is 151 Å². The van der Waals surface area contributed by atoms with Crippen molar-refractivity contribution in [3.8, 4) is 0 Å². The second-order valence-electron chi connectivity index (χ2n) is 7.09. The largest absolute Gasteiger partial charge is 0.358 e. The second kappa shape index (κ2) is 6.75. The van der Waals surface area contributed by atoms with Crippen molar-refractivity contribution in [1.29, 1.82) is 0 Å². The van der Waals surface area contributed by atoms with Crippen LogP contribution in [0.2, 0.25) is 0 Å². The number of halogens is 1. The van der Waals surface area contributed by atoms with Crippen LogP contribution in [0.3, 0.4) is 0 Å². The molecule has 1 heterocycles. The van der Waals surface area contributed by atoms with Crippen LogP contribution in [0.25, 0.3) is 10.9 Å². The van der Waals surface area contributed by atoms with Crippen LogP contribution < -0.4 is 10.7 Å². The van der Waals surface area contributed by atoms with Gasteiger partial charge in [-0.05, 0) is 30.7 Å². The van der Waals surface area contributed by atoms with Crippen molar-refractivity contribution in [2.24, 2.45) is 0 Å². The van der Waals surface area contributed by atoms with Crippen molar-refractivity contribution in [3.05, 3.63) is 81.4 Å². The van der Waals surface area contributed by atoms with Gasteiger partial charge in [-0.15, -0.1) is 0 Å². The monoisotopic (exact) mass is 352 g/mol. The molecule has 4 nitrogen and oxygen atoms in total. The van der Waals surface area contributed by atoms with Crippen LogP contribution in [-0.2, 0) is 5.41 Å². The van der Waals surface area contributed by atoms with Crippen molar-refractivity contribution < 1.29 is 9.18 Å². The first kappa shape index (κ1) is 17.9. The number of fused-ring (bicyclic) bond motifs is 1. The number of aryl methyl sites for hydroxylation is 1. The topological polar surface area (TPSA) is 62.0 Å². The third-order valence-corrected chi connectivity index (χ3v) is 4.54. The number of amides is 1. The number of rotatable bonds is 4. The standard InChI is InChI=1S/C21H21FN2O2/c1-13-11-18(25)14-7-6-8-15(19(14)24-13)20(26)23-12-21(2,3)16-9-4-5-10-17(16)22/h4-11H,12H2,1-3H3,(H,23,26)(H,24,25). The van der Waals surface area contributed by atoms with Gasteiger partial charge in [0.05, 0.1) is 11.1 Å². The molecule has 0 bridgehead atoms. The lowest BCUT2D eigenvalue weighted by Gasteiger charge is -2.26. The van der Waals surface area contributed by atoms with Crippen LogP contribution >= 0.6 is 0 Å². The molecule has 0 fully saturated rings. The lowest BCUT2D eigenvalue weighted by Crippen LogP contribution is -2.37. The fraction of sp³-hybridized carbons (Fsp3) is 0.238. The van der Waals surface area contributed by atoms with Gasteiger partial charge in [0.1, 0.15) is 5.82 Å². The van der Waals surface area contributed by atoms with Crippen molar-refractivity contribution in [1.82, 2.24) is 10.3 Å². The predicted octanol–water partition coefficient (Wildman–Crippen LogP) is 3.68. The molecule has 0 atom stereocenters. The number of aromatic nitrogens is 1. The fourth-order valence-electron chi connectivity index (χ4n) is 3.09. The average Bonchev–Trinajstić information content (AvgIpc) is 2.59. The van der Waals surface area contributed by atoms with E-state index in [1.165, 1.54) is 12.1 Å². The zero-order valence-electron chi connectivity index (χ0n) is 15.0. The highest BCUT2D eigenvalue weighted by molar-refractivity contribution is 6.05. The molecule has 0 spiro atoms. The van der Waals surface area contributed by atoms with Gasteiger partial charge in [0.2, 0.25) is 0 Å². The van der Waals surface area contributed by atoms with E-state index < -0.39 is 5.41 Å². The SMILES string of the molecule is Cc1cc(=O)c2cccc(C(=O)NCC(C)(C)c3ccccc3F)c2[nH]1. The minimum atomic E-state index is -0.574. The van der Waals surface area contributed by atoms with E-state index in [2.05, 4.69) is 10.3 Å². The van der Waals surface area contributed by atoms with Gasteiger partial charge in [-0.2, -0.15) is 0 Å². The van der Waals surface area contributed by atoms with E-state index in [4.69, 9.17) is 0 Å². The lowest BCUT2D eigenvalue weighted by atomic mass is 9.84. The first-order valence-corrected chi connectivity index (χ1v) is 8.45. The highest BCUT2D eigenvalue weighted by Gasteiger charge is 2.25. The molecule has 0 unspecified atom stereocenters. The molecule has 0 radical (unpaired) electrons. The number of benzene rings is 2. The Balaban J connectivity index is 1.89. The third kappa shape index (κ3) is 3.38. The van der Waals surface area contributed by atoms with Crippen molar-refractivity contribution in [3.63, 3.8) is 0 Å². The summed E-state index contributed by atoms with van der Waals surface area (Å²) in [4.78, 5) is 27.9. The number of nitrogens with one attached hydrogen (secondary N) is 2. The van der Waals surface area contributed by atoms with E-state index in [1.807, 2.05) is 13.8 Å². The second-order valence-corrected chi connectivity index (χ2v) is 7.09. The molecule has 0 aliphatic rings. The van der Waals surface area contributed by atoms with E-state index in [0.717, 1.165) is 0 Å². The highest BCUT2D eigenvalue weighted by atomic mass is 19.1. The molecule has 3 aromatic rings. The number of aromatic amines is 1. The number of pyridine rings is 1. The smallest absolute Gasteiger partial charge is 0.253 e.